The Morgan fingerprint density at radius 3 is 2.38 bits per heavy atom. The van der Waals surface area contributed by atoms with Crippen molar-refractivity contribution in [3.8, 4) is 11.5 Å². The zero-order valence-corrected chi connectivity index (χ0v) is 19.3. The van der Waals surface area contributed by atoms with Crippen molar-refractivity contribution >= 4 is 27.5 Å². The van der Waals surface area contributed by atoms with Gasteiger partial charge in [-0.3, -0.25) is 4.79 Å². The van der Waals surface area contributed by atoms with Gasteiger partial charge in [0, 0.05) is 35.0 Å². The van der Waals surface area contributed by atoms with E-state index in [1.807, 2.05) is 32.0 Å². The molecule has 32 heavy (non-hydrogen) atoms. The lowest BCUT2D eigenvalue weighted by atomic mass is 9.97. The van der Waals surface area contributed by atoms with Crippen LogP contribution >= 0.6 is 0 Å². The summed E-state index contributed by atoms with van der Waals surface area (Å²) < 4.78 is 11.0. The Labute approximate surface area is 187 Å². The van der Waals surface area contributed by atoms with Crippen LogP contribution in [0.15, 0.2) is 41.2 Å². The Balaban J connectivity index is 1.96. The number of rotatable bonds is 7. The summed E-state index contributed by atoms with van der Waals surface area (Å²) >= 11 is 0. The summed E-state index contributed by atoms with van der Waals surface area (Å²) in [5.41, 5.74) is 4.57. The molecule has 0 aliphatic heterocycles. The molecule has 0 radical (unpaired) electrons. The van der Waals surface area contributed by atoms with E-state index in [0.717, 1.165) is 45.3 Å². The van der Waals surface area contributed by atoms with Crippen LogP contribution in [0, 0.1) is 6.92 Å². The van der Waals surface area contributed by atoms with Crippen molar-refractivity contribution in [1.82, 2.24) is 9.97 Å². The topological polar surface area (TPSA) is 76.2 Å². The summed E-state index contributed by atoms with van der Waals surface area (Å²) in [5.74, 6) is 2.05. The average Bonchev–Trinajstić information content (AvgIpc) is 2.80. The fourth-order valence-corrected chi connectivity index (χ4v) is 4.22. The minimum absolute atomic E-state index is 0.0895. The van der Waals surface area contributed by atoms with Gasteiger partial charge in [-0.05, 0) is 61.5 Å². The lowest BCUT2D eigenvalue weighted by molar-refractivity contribution is 0.356. The zero-order valence-electron chi connectivity index (χ0n) is 19.3. The van der Waals surface area contributed by atoms with E-state index < -0.39 is 0 Å². The molecule has 4 rings (SSSR count). The average molecular weight is 432 g/mol. The molecule has 2 aromatic carbocycles. The van der Waals surface area contributed by atoms with Crippen LogP contribution in [0.1, 0.15) is 36.2 Å². The van der Waals surface area contributed by atoms with Gasteiger partial charge in [-0.2, -0.15) is 0 Å². The van der Waals surface area contributed by atoms with Crippen molar-refractivity contribution in [2.24, 2.45) is 0 Å². The minimum atomic E-state index is -0.0895. The summed E-state index contributed by atoms with van der Waals surface area (Å²) in [7, 11) is 3.23. The van der Waals surface area contributed by atoms with Gasteiger partial charge in [-0.1, -0.05) is 18.6 Å². The van der Waals surface area contributed by atoms with Gasteiger partial charge >= 0.3 is 0 Å². The summed E-state index contributed by atoms with van der Waals surface area (Å²) in [5, 5.41) is 6.27. The minimum Gasteiger partial charge on any atom is -0.493 e. The molecule has 0 aliphatic carbocycles. The van der Waals surface area contributed by atoms with Crippen LogP contribution < -0.4 is 20.3 Å². The SMILES string of the molecule is CCNc1nc2ccc(C)cc2cc1Cc1c(=O)[nH]c(CC)c2cc(OC)c(OC)cc12. The molecular weight excluding hydrogens is 402 g/mol. The number of pyridine rings is 2. The second-order valence-electron chi connectivity index (χ2n) is 7.92. The Hall–Kier alpha value is -3.54. The molecule has 4 aromatic rings. The smallest absolute Gasteiger partial charge is 0.252 e. The lowest BCUT2D eigenvalue weighted by Gasteiger charge is -2.16. The van der Waals surface area contributed by atoms with Gasteiger partial charge < -0.3 is 19.8 Å². The van der Waals surface area contributed by atoms with Gasteiger partial charge in [-0.25, -0.2) is 4.98 Å². The maximum Gasteiger partial charge on any atom is 0.252 e. The number of aromatic nitrogens is 2. The van der Waals surface area contributed by atoms with Crippen LogP contribution in [0.25, 0.3) is 21.7 Å². The van der Waals surface area contributed by atoms with Crippen molar-refractivity contribution in [2.75, 3.05) is 26.1 Å². The Bertz CT molecular complexity index is 1360. The van der Waals surface area contributed by atoms with E-state index in [1.165, 1.54) is 5.56 Å². The largest absolute Gasteiger partial charge is 0.493 e. The fraction of sp³-hybridized carbons (Fsp3) is 0.308. The van der Waals surface area contributed by atoms with Gasteiger partial charge in [-0.15, -0.1) is 0 Å². The van der Waals surface area contributed by atoms with E-state index in [4.69, 9.17) is 14.5 Å². The van der Waals surface area contributed by atoms with E-state index in [2.05, 4.69) is 35.4 Å². The van der Waals surface area contributed by atoms with E-state index in [-0.39, 0.29) is 5.56 Å². The molecule has 2 aromatic heterocycles. The maximum atomic E-state index is 13.2. The Kier molecular flexibility index (Phi) is 6.04. The molecule has 0 spiro atoms. The van der Waals surface area contributed by atoms with Crippen molar-refractivity contribution in [2.45, 2.75) is 33.6 Å². The number of nitrogens with zero attached hydrogens (tertiary/aromatic N) is 1. The van der Waals surface area contributed by atoms with Gasteiger partial charge in [0.25, 0.3) is 5.56 Å². The predicted octanol–water partition coefficient (Wildman–Crippen LogP) is 4.99. The molecule has 0 unspecified atom stereocenters. The zero-order chi connectivity index (χ0) is 22.8. The Morgan fingerprint density at radius 1 is 1.00 bits per heavy atom. The predicted molar refractivity (Wildman–Crippen MR) is 131 cm³/mol. The molecule has 6 nitrogen and oxygen atoms in total. The second-order valence-corrected chi connectivity index (χ2v) is 7.92. The van der Waals surface area contributed by atoms with Crippen LogP contribution in [0.2, 0.25) is 0 Å². The third-order valence-corrected chi connectivity index (χ3v) is 5.83. The first-order valence-electron chi connectivity index (χ1n) is 10.9. The number of hydrogen-bond donors (Lipinski definition) is 2. The summed E-state index contributed by atoms with van der Waals surface area (Å²) in [4.78, 5) is 21.1. The van der Waals surface area contributed by atoms with E-state index in [1.54, 1.807) is 14.2 Å². The van der Waals surface area contributed by atoms with Crippen molar-refractivity contribution in [3.05, 3.63) is 69.1 Å². The highest BCUT2D eigenvalue weighted by atomic mass is 16.5. The standard InChI is InChI=1S/C26H29N3O3/c1-6-21-19-14-24(32-5)23(31-4)13-18(19)20(26(30)29-21)12-17-11-16-10-15(3)8-9-22(16)28-25(17)27-7-2/h8-11,13-14H,6-7,12H2,1-5H3,(H,27,28)(H,29,30). The van der Waals surface area contributed by atoms with Crippen LogP contribution in [0.3, 0.4) is 0 Å². The molecule has 166 valence electrons. The number of aryl methyl sites for hydroxylation is 2. The molecule has 0 amide bonds. The number of fused-ring (bicyclic) bond motifs is 2. The van der Waals surface area contributed by atoms with E-state index >= 15 is 0 Å². The molecule has 0 bridgehead atoms. The van der Waals surface area contributed by atoms with Gasteiger partial charge in [0.2, 0.25) is 0 Å². The van der Waals surface area contributed by atoms with E-state index in [0.29, 0.717) is 29.9 Å². The van der Waals surface area contributed by atoms with Crippen LogP contribution in [0.4, 0.5) is 5.82 Å². The highest BCUT2D eigenvalue weighted by Crippen LogP contribution is 2.35. The summed E-state index contributed by atoms with van der Waals surface area (Å²) in [6.07, 6.45) is 1.16. The van der Waals surface area contributed by atoms with Crippen molar-refractivity contribution < 1.29 is 9.47 Å². The first-order valence-corrected chi connectivity index (χ1v) is 10.9. The van der Waals surface area contributed by atoms with E-state index in [9.17, 15) is 4.79 Å². The van der Waals surface area contributed by atoms with Crippen LogP contribution in [-0.4, -0.2) is 30.7 Å². The first kappa shape index (κ1) is 21.7. The molecular formula is C26H29N3O3. The number of methoxy groups -OCH3 is 2. The third kappa shape index (κ3) is 3.88. The van der Waals surface area contributed by atoms with Crippen molar-refractivity contribution in [1.29, 1.82) is 0 Å². The normalized spacial score (nSPS) is 11.2. The van der Waals surface area contributed by atoms with Crippen LogP contribution in [-0.2, 0) is 12.8 Å². The molecule has 0 aliphatic rings. The highest BCUT2D eigenvalue weighted by molar-refractivity contribution is 5.91. The number of H-pyrrole nitrogens is 1. The number of anilines is 1. The van der Waals surface area contributed by atoms with Gasteiger partial charge in [0.1, 0.15) is 5.82 Å². The van der Waals surface area contributed by atoms with Gasteiger partial charge in [0.05, 0.1) is 19.7 Å². The number of hydrogen-bond acceptors (Lipinski definition) is 5. The number of benzene rings is 2. The molecule has 2 heterocycles. The maximum absolute atomic E-state index is 13.2. The quantitative estimate of drug-likeness (QED) is 0.431. The van der Waals surface area contributed by atoms with Crippen molar-refractivity contribution in [3.63, 3.8) is 0 Å². The highest BCUT2D eigenvalue weighted by Gasteiger charge is 2.17. The summed E-state index contributed by atoms with van der Waals surface area (Å²) in [6.45, 7) is 6.88. The number of nitrogens with one attached hydrogen (secondary N) is 2. The second kappa shape index (κ2) is 8.91. The number of aromatic amines is 1. The molecule has 6 heteroatoms. The number of ether oxygens (including phenoxy) is 2. The monoisotopic (exact) mass is 431 g/mol. The lowest BCUT2D eigenvalue weighted by Crippen LogP contribution is -2.17. The third-order valence-electron chi connectivity index (χ3n) is 5.83. The summed E-state index contributed by atoms with van der Waals surface area (Å²) in [6, 6.07) is 12.2. The first-order chi connectivity index (χ1) is 15.5. The molecule has 2 N–H and O–H groups in total. The van der Waals surface area contributed by atoms with Crippen LogP contribution in [0.5, 0.6) is 11.5 Å². The van der Waals surface area contributed by atoms with Gasteiger partial charge in [0.15, 0.2) is 11.5 Å². The molecule has 0 saturated heterocycles. The fourth-order valence-electron chi connectivity index (χ4n) is 4.22. The molecule has 0 atom stereocenters. The molecule has 0 saturated carbocycles. The molecule has 0 fully saturated rings. The Morgan fingerprint density at radius 2 is 1.72 bits per heavy atom.